The number of ether oxygens (including phenoxy) is 1. The Balaban J connectivity index is 3.27. The van der Waals surface area contributed by atoms with Gasteiger partial charge in [0.25, 0.3) is 0 Å². The molecule has 0 aliphatic heterocycles. The van der Waals surface area contributed by atoms with Crippen molar-refractivity contribution in [2.24, 2.45) is 5.41 Å². The predicted molar refractivity (Wildman–Crippen MR) is 113 cm³/mol. The third-order valence-corrected chi connectivity index (χ3v) is 5.40. The number of rotatable bonds is 11. The summed E-state index contributed by atoms with van der Waals surface area (Å²) < 4.78 is 22.2. The minimum atomic E-state index is -2.77. The van der Waals surface area contributed by atoms with Crippen molar-refractivity contribution in [2.75, 3.05) is 6.61 Å². The van der Waals surface area contributed by atoms with Gasteiger partial charge in [0.15, 0.2) is 0 Å². The van der Waals surface area contributed by atoms with Gasteiger partial charge in [0.2, 0.25) is 0 Å². The largest absolute Gasteiger partial charge is 0.694 e. The fraction of sp³-hybridized carbons (Fsp3) is 0.682. The SMILES string of the molecule is CCCCC(CCCC)(CO[P+](=O)O)C(=O)Oc1cc(C)ccc1C(C)(C)C. The summed E-state index contributed by atoms with van der Waals surface area (Å²) in [4.78, 5) is 22.5. The van der Waals surface area contributed by atoms with Crippen LogP contribution >= 0.6 is 8.25 Å². The van der Waals surface area contributed by atoms with Gasteiger partial charge in [0, 0.05) is 10.1 Å². The van der Waals surface area contributed by atoms with Crippen LogP contribution in [-0.4, -0.2) is 17.5 Å². The lowest BCUT2D eigenvalue weighted by atomic mass is 9.79. The second kappa shape index (κ2) is 11.0. The molecule has 1 rings (SSSR count). The van der Waals surface area contributed by atoms with Crippen LogP contribution in [0.15, 0.2) is 18.2 Å². The Morgan fingerprint density at radius 3 is 2.14 bits per heavy atom. The number of carbonyl (C=O) groups is 1. The number of carbonyl (C=O) groups excluding carboxylic acids is 1. The van der Waals surface area contributed by atoms with Crippen molar-refractivity contribution in [2.45, 2.75) is 85.5 Å². The van der Waals surface area contributed by atoms with Crippen molar-refractivity contribution < 1.29 is 23.5 Å². The lowest BCUT2D eigenvalue weighted by molar-refractivity contribution is -0.149. The second-order valence-corrected chi connectivity index (χ2v) is 9.37. The van der Waals surface area contributed by atoms with E-state index in [4.69, 9.17) is 14.2 Å². The molecule has 0 aliphatic rings. The first-order chi connectivity index (χ1) is 13.1. The molecule has 0 bridgehead atoms. The van der Waals surface area contributed by atoms with Crippen LogP contribution in [0.4, 0.5) is 0 Å². The molecular formula is C22H36O5P+. The molecule has 158 valence electrons. The van der Waals surface area contributed by atoms with E-state index in [1.165, 1.54) is 0 Å². The second-order valence-electron chi connectivity index (χ2n) is 8.64. The lowest BCUT2D eigenvalue weighted by Crippen LogP contribution is -2.39. The molecule has 0 spiro atoms. The Labute approximate surface area is 170 Å². The van der Waals surface area contributed by atoms with Gasteiger partial charge < -0.3 is 4.74 Å². The van der Waals surface area contributed by atoms with Crippen LogP contribution in [0.25, 0.3) is 0 Å². The maximum Gasteiger partial charge on any atom is 0.694 e. The summed E-state index contributed by atoms with van der Waals surface area (Å²) in [5.41, 5.74) is 0.876. The van der Waals surface area contributed by atoms with Crippen molar-refractivity contribution in [1.29, 1.82) is 0 Å². The maximum absolute atomic E-state index is 13.4. The van der Waals surface area contributed by atoms with Gasteiger partial charge in [-0.15, -0.1) is 9.42 Å². The Morgan fingerprint density at radius 1 is 1.11 bits per heavy atom. The standard InChI is InChI=1S/C22H35O5P/c1-7-9-13-22(14-10-8-2,16-26-28(24)25)20(23)27-19-15-17(3)11-12-18(19)21(4,5)6/h11-12,15H,7-10,13-14,16H2,1-6H3/p+1. The highest BCUT2D eigenvalue weighted by atomic mass is 31.1. The van der Waals surface area contributed by atoms with Gasteiger partial charge in [-0.25, -0.2) is 0 Å². The molecule has 1 N–H and O–H groups in total. The van der Waals surface area contributed by atoms with Gasteiger partial charge in [-0.1, -0.05) is 72.4 Å². The third-order valence-electron chi connectivity index (χ3n) is 5.05. The van der Waals surface area contributed by atoms with Crippen LogP contribution in [0.3, 0.4) is 0 Å². The van der Waals surface area contributed by atoms with E-state index in [2.05, 4.69) is 34.6 Å². The smallest absolute Gasteiger partial charge is 0.426 e. The highest BCUT2D eigenvalue weighted by Gasteiger charge is 2.43. The molecule has 0 heterocycles. The van der Waals surface area contributed by atoms with E-state index in [-0.39, 0.29) is 18.0 Å². The molecule has 1 unspecified atom stereocenters. The summed E-state index contributed by atoms with van der Waals surface area (Å²) in [5, 5.41) is 0. The lowest BCUT2D eigenvalue weighted by Gasteiger charge is -2.30. The first kappa shape index (κ1) is 24.7. The molecule has 0 saturated heterocycles. The third kappa shape index (κ3) is 7.27. The Kier molecular flexibility index (Phi) is 9.76. The fourth-order valence-corrected chi connectivity index (χ4v) is 3.64. The number of benzene rings is 1. The average molecular weight is 411 g/mol. The Bertz CT molecular complexity index is 655. The molecule has 0 amide bonds. The van der Waals surface area contributed by atoms with E-state index in [1.54, 1.807) is 0 Å². The predicted octanol–water partition coefficient (Wildman–Crippen LogP) is 6.23. The molecule has 0 saturated carbocycles. The summed E-state index contributed by atoms with van der Waals surface area (Å²) in [5.74, 6) is 0.186. The molecule has 0 fully saturated rings. The zero-order valence-electron chi connectivity index (χ0n) is 18.2. The van der Waals surface area contributed by atoms with Crippen molar-refractivity contribution in [1.82, 2.24) is 0 Å². The van der Waals surface area contributed by atoms with Crippen molar-refractivity contribution in [3.05, 3.63) is 29.3 Å². The van der Waals surface area contributed by atoms with Crippen LogP contribution in [-0.2, 0) is 19.3 Å². The molecular weight excluding hydrogens is 375 g/mol. The van der Waals surface area contributed by atoms with Crippen molar-refractivity contribution in [3.63, 3.8) is 0 Å². The van der Waals surface area contributed by atoms with Crippen molar-refractivity contribution >= 4 is 14.2 Å². The summed E-state index contributed by atoms with van der Waals surface area (Å²) in [6, 6.07) is 5.90. The average Bonchev–Trinajstić information content (AvgIpc) is 2.60. The van der Waals surface area contributed by atoms with Crippen LogP contribution in [0, 0.1) is 12.3 Å². The number of hydrogen-bond acceptors (Lipinski definition) is 4. The van der Waals surface area contributed by atoms with E-state index in [9.17, 15) is 9.36 Å². The van der Waals surface area contributed by atoms with Crippen molar-refractivity contribution in [3.8, 4) is 5.75 Å². The topological polar surface area (TPSA) is 72.8 Å². The van der Waals surface area contributed by atoms with Gasteiger partial charge in [0.05, 0.1) is 5.41 Å². The van der Waals surface area contributed by atoms with E-state index in [0.29, 0.717) is 18.6 Å². The molecule has 0 radical (unpaired) electrons. The zero-order chi connectivity index (χ0) is 21.4. The minimum absolute atomic E-state index is 0.103. The molecule has 1 atom stereocenters. The number of hydrogen-bond donors (Lipinski definition) is 1. The highest BCUT2D eigenvalue weighted by Crippen LogP contribution is 2.38. The van der Waals surface area contributed by atoms with Gasteiger partial charge in [-0.3, -0.25) is 4.79 Å². The monoisotopic (exact) mass is 411 g/mol. The van der Waals surface area contributed by atoms with Crippen LogP contribution in [0.5, 0.6) is 5.75 Å². The van der Waals surface area contributed by atoms with Gasteiger partial charge in [-0.05, 0) is 36.8 Å². The van der Waals surface area contributed by atoms with Crippen LogP contribution in [0.2, 0.25) is 0 Å². The normalized spacial score (nSPS) is 12.8. The van der Waals surface area contributed by atoms with E-state index >= 15 is 0 Å². The Morgan fingerprint density at radius 2 is 1.68 bits per heavy atom. The first-order valence-corrected chi connectivity index (χ1v) is 11.3. The number of aryl methyl sites for hydroxylation is 1. The molecule has 1 aromatic rings. The van der Waals surface area contributed by atoms with Crippen LogP contribution in [0.1, 0.15) is 84.3 Å². The molecule has 6 heteroatoms. The van der Waals surface area contributed by atoms with E-state index < -0.39 is 13.7 Å². The molecule has 0 aliphatic carbocycles. The summed E-state index contributed by atoms with van der Waals surface area (Å²) in [6.07, 6.45) is 4.63. The van der Waals surface area contributed by atoms with E-state index in [0.717, 1.165) is 36.8 Å². The maximum atomic E-state index is 13.4. The summed E-state index contributed by atoms with van der Waals surface area (Å²) >= 11 is 0. The fourth-order valence-electron chi connectivity index (χ4n) is 3.28. The number of esters is 1. The van der Waals surface area contributed by atoms with Gasteiger partial charge in [-0.2, -0.15) is 0 Å². The highest BCUT2D eigenvalue weighted by molar-refractivity contribution is 7.32. The van der Waals surface area contributed by atoms with Gasteiger partial charge in [0.1, 0.15) is 12.4 Å². The van der Waals surface area contributed by atoms with Gasteiger partial charge >= 0.3 is 14.2 Å². The molecule has 1 aromatic carbocycles. The summed E-state index contributed by atoms with van der Waals surface area (Å²) in [7, 11) is -2.77. The molecule has 0 aromatic heterocycles. The molecule has 28 heavy (non-hydrogen) atoms. The zero-order valence-corrected chi connectivity index (χ0v) is 19.1. The van der Waals surface area contributed by atoms with Crippen LogP contribution < -0.4 is 4.74 Å². The quantitative estimate of drug-likeness (QED) is 0.265. The minimum Gasteiger partial charge on any atom is -0.426 e. The van der Waals surface area contributed by atoms with E-state index in [1.807, 2.05) is 25.1 Å². The number of unbranched alkanes of at least 4 members (excludes halogenated alkanes) is 2. The summed E-state index contributed by atoms with van der Waals surface area (Å²) in [6.45, 7) is 12.2. The molecule has 5 nitrogen and oxygen atoms in total. The Hall–Kier alpha value is -1.29. The first-order valence-electron chi connectivity index (χ1n) is 10.2.